The first-order chi connectivity index (χ1) is 14.7. The molecule has 3 rings (SSSR count). The Kier molecular flexibility index (Phi) is 6.88. The molecule has 2 aromatic rings. The zero-order valence-corrected chi connectivity index (χ0v) is 17.6. The Balaban J connectivity index is 1.81. The Morgan fingerprint density at radius 1 is 1.39 bits per heavy atom. The minimum absolute atomic E-state index is 0.0256. The van der Waals surface area contributed by atoms with Crippen LogP contribution in [0.5, 0.6) is 0 Å². The topological polar surface area (TPSA) is 126 Å². The van der Waals surface area contributed by atoms with Gasteiger partial charge in [0, 0.05) is 31.4 Å². The van der Waals surface area contributed by atoms with E-state index in [2.05, 4.69) is 15.6 Å². The molecule has 0 bridgehead atoms. The molecule has 0 saturated carbocycles. The maximum Gasteiger partial charge on any atom is 0.311 e. The Labute approximate surface area is 180 Å². The summed E-state index contributed by atoms with van der Waals surface area (Å²) < 4.78 is 14.8. The van der Waals surface area contributed by atoms with Crippen molar-refractivity contribution in [1.82, 2.24) is 4.98 Å². The SMILES string of the molecule is CC(C)CNc1ccc([N+](=O)[O-])c(Nc2ccc(N3CCCC(C(N)=O)C3)c(F)c2)n1. The van der Waals surface area contributed by atoms with Crippen molar-refractivity contribution in [2.45, 2.75) is 26.7 Å². The number of carbonyl (C=O) groups excluding carboxylic acids is 1. The summed E-state index contributed by atoms with van der Waals surface area (Å²) in [5.74, 6) is -0.292. The number of pyridine rings is 1. The highest BCUT2D eigenvalue weighted by molar-refractivity contribution is 5.78. The minimum Gasteiger partial charge on any atom is -0.370 e. The van der Waals surface area contributed by atoms with Gasteiger partial charge in [0.15, 0.2) is 0 Å². The maximum absolute atomic E-state index is 14.8. The third-order valence-electron chi connectivity index (χ3n) is 5.14. The average molecular weight is 430 g/mol. The summed E-state index contributed by atoms with van der Waals surface area (Å²) >= 11 is 0. The highest BCUT2D eigenvalue weighted by atomic mass is 19.1. The van der Waals surface area contributed by atoms with Crippen molar-refractivity contribution in [3.63, 3.8) is 0 Å². The van der Waals surface area contributed by atoms with Gasteiger partial charge in [-0.1, -0.05) is 13.8 Å². The predicted octanol–water partition coefficient (Wildman–Crippen LogP) is 3.64. The van der Waals surface area contributed by atoms with E-state index in [0.29, 0.717) is 49.2 Å². The second-order valence-corrected chi connectivity index (χ2v) is 8.07. The van der Waals surface area contributed by atoms with E-state index in [-0.39, 0.29) is 23.3 Å². The molecule has 1 unspecified atom stereocenters. The molecule has 1 aliphatic heterocycles. The van der Waals surface area contributed by atoms with Gasteiger partial charge in [-0.15, -0.1) is 0 Å². The highest BCUT2D eigenvalue weighted by Crippen LogP contribution is 2.31. The molecule has 1 aromatic heterocycles. The first kappa shape index (κ1) is 22.3. The van der Waals surface area contributed by atoms with Crippen LogP contribution in [0.4, 0.5) is 33.1 Å². The summed E-state index contributed by atoms with van der Waals surface area (Å²) in [4.78, 5) is 28.4. The number of carbonyl (C=O) groups is 1. The maximum atomic E-state index is 14.8. The van der Waals surface area contributed by atoms with Crippen LogP contribution in [0, 0.1) is 27.8 Å². The molecule has 9 nitrogen and oxygen atoms in total. The molecule has 166 valence electrons. The molecule has 4 N–H and O–H groups in total. The standard InChI is InChI=1S/C21H27FN6O3/c1-13(2)11-24-19-8-7-18(28(30)31)21(26-19)25-15-5-6-17(16(22)10-15)27-9-3-4-14(12-27)20(23)29/h5-8,10,13-14H,3-4,9,11-12H2,1-2H3,(H2,23,29)(H2,24,25,26). The van der Waals surface area contributed by atoms with Gasteiger partial charge in [-0.05, 0) is 43.0 Å². The molecule has 0 spiro atoms. The quantitative estimate of drug-likeness (QED) is 0.431. The van der Waals surface area contributed by atoms with Gasteiger partial charge in [0.05, 0.1) is 16.5 Å². The number of nitro groups is 1. The molecular weight excluding hydrogens is 403 g/mol. The molecule has 1 saturated heterocycles. The van der Waals surface area contributed by atoms with Gasteiger partial charge in [0.2, 0.25) is 11.7 Å². The summed E-state index contributed by atoms with van der Waals surface area (Å²) in [5, 5.41) is 17.4. The summed E-state index contributed by atoms with van der Waals surface area (Å²) in [6, 6.07) is 7.39. The van der Waals surface area contributed by atoms with Crippen molar-refractivity contribution in [1.29, 1.82) is 0 Å². The average Bonchev–Trinajstić information content (AvgIpc) is 2.72. The van der Waals surface area contributed by atoms with E-state index < -0.39 is 10.7 Å². The lowest BCUT2D eigenvalue weighted by molar-refractivity contribution is -0.384. The number of nitrogens with zero attached hydrogens (tertiary/aromatic N) is 3. The number of nitrogens with two attached hydrogens (primary N) is 1. The molecule has 10 heteroatoms. The molecule has 0 aliphatic carbocycles. The number of anilines is 4. The summed E-state index contributed by atoms with van der Waals surface area (Å²) in [6.07, 6.45) is 1.45. The van der Waals surface area contributed by atoms with Crippen molar-refractivity contribution in [2.75, 3.05) is 35.2 Å². The molecule has 1 fully saturated rings. The Morgan fingerprint density at radius 3 is 2.81 bits per heavy atom. The number of benzene rings is 1. The molecule has 1 aliphatic rings. The highest BCUT2D eigenvalue weighted by Gasteiger charge is 2.26. The van der Waals surface area contributed by atoms with Crippen LogP contribution in [0.15, 0.2) is 30.3 Å². The van der Waals surface area contributed by atoms with E-state index in [0.717, 1.165) is 6.42 Å². The van der Waals surface area contributed by atoms with Gasteiger partial charge in [-0.3, -0.25) is 14.9 Å². The van der Waals surface area contributed by atoms with Gasteiger partial charge in [-0.2, -0.15) is 0 Å². The molecule has 31 heavy (non-hydrogen) atoms. The van der Waals surface area contributed by atoms with E-state index in [1.807, 2.05) is 13.8 Å². The molecule has 1 aromatic carbocycles. The number of hydrogen-bond donors (Lipinski definition) is 3. The lowest BCUT2D eigenvalue weighted by Crippen LogP contribution is -2.41. The van der Waals surface area contributed by atoms with E-state index in [4.69, 9.17) is 5.73 Å². The van der Waals surface area contributed by atoms with Crippen LogP contribution >= 0.6 is 0 Å². The van der Waals surface area contributed by atoms with Crippen LogP contribution < -0.4 is 21.3 Å². The van der Waals surface area contributed by atoms with E-state index in [9.17, 15) is 19.3 Å². The lowest BCUT2D eigenvalue weighted by atomic mass is 9.97. The molecule has 0 radical (unpaired) electrons. The first-order valence-electron chi connectivity index (χ1n) is 10.2. The zero-order chi connectivity index (χ0) is 22.5. The summed E-state index contributed by atoms with van der Waals surface area (Å²) in [6.45, 7) is 5.74. The molecular formula is C21H27FN6O3. The van der Waals surface area contributed by atoms with Crippen molar-refractivity contribution < 1.29 is 14.1 Å². The van der Waals surface area contributed by atoms with E-state index in [1.165, 1.54) is 12.1 Å². The Hall–Kier alpha value is -3.43. The molecule has 1 amide bonds. The second kappa shape index (κ2) is 9.59. The number of primary amides is 1. The Bertz CT molecular complexity index is 968. The third kappa shape index (κ3) is 5.59. The number of rotatable bonds is 8. The van der Waals surface area contributed by atoms with Gasteiger partial charge in [0.25, 0.3) is 0 Å². The number of nitrogens with one attached hydrogen (secondary N) is 2. The minimum atomic E-state index is -0.538. The van der Waals surface area contributed by atoms with Gasteiger partial charge >= 0.3 is 5.69 Å². The number of piperidine rings is 1. The smallest absolute Gasteiger partial charge is 0.311 e. The zero-order valence-electron chi connectivity index (χ0n) is 17.6. The first-order valence-corrected chi connectivity index (χ1v) is 10.2. The van der Waals surface area contributed by atoms with Crippen molar-refractivity contribution in [2.24, 2.45) is 17.6 Å². The second-order valence-electron chi connectivity index (χ2n) is 8.07. The van der Waals surface area contributed by atoms with Crippen LogP contribution in [0.1, 0.15) is 26.7 Å². The fraction of sp³-hybridized carbons (Fsp3) is 0.429. The monoisotopic (exact) mass is 430 g/mol. The molecule has 1 atom stereocenters. The van der Waals surface area contributed by atoms with Crippen molar-refractivity contribution >= 4 is 34.6 Å². The van der Waals surface area contributed by atoms with E-state index >= 15 is 0 Å². The summed E-state index contributed by atoms with van der Waals surface area (Å²) in [7, 11) is 0. The van der Waals surface area contributed by atoms with Crippen molar-refractivity contribution in [3.05, 3.63) is 46.3 Å². The van der Waals surface area contributed by atoms with E-state index in [1.54, 1.807) is 23.1 Å². The van der Waals surface area contributed by atoms with Gasteiger partial charge in [-0.25, -0.2) is 9.37 Å². The number of halogens is 1. The fourth-order valence-electron chi connectivity index (χ4n) is 3.50. The number of aromatic nitrogens is 1. The van der Waals surface area contributed by atoms with Crippen LogP contribution in [0.25, 0.3) is 0 Å². The van der Waals surface area contributed by atoms with Gasteiger partial charge < -0.3 is 21.3 Å². The normalized spacial score (nSPS) is 16.3. The van der Waals surface area contributed by atoms with Crippen LogP contribution in [0.3, 0.4) is 0 Å². The fourth-order valence-corrected chi connectivity index (χ4v) is 3.50. The number of hydrogen-bond acceptors (Lipinski definition) is 7. The number of amides is 1. The van der Waals surface area contributed by atoms with Crippen LogP contribution in [-0.2, 0) is 4.79 Å². The molecule has 2 heterocycles. The van der Waals surface area contributed by atoms with Crippen LogP contribution in [0.2, 0.25) is 0 Å². The largest absolute Gasteiger partial charge is 0.370 e. The predicted molar refractivity (Wildman–Crippen MR) is 118 cm³/mol. The lowest BCUT2D eigenvalue weighted by Gasteiger charge is -2.33. The Morgan fingerprint density at radius 2 is 2.16 bits per heavy atom. The van der Waals surface area contributed by atoms with Crippen LogP contribution in [-0.4, -0.2) is 35.4 Å². The van der Waals surface area contributed by atoms with Gasteiger partial charge in [0.1, 0.15) is 11.6 Å². The van der Waals surface area contributed by atoms with Crippen molar-refractivity contribution in [3.8, 4) is 0 Å². The summed E-state index contributed by atoms with van der Waals surface area (Å²) in [5.41, 5.74) is 5.90. The third-order valence-corrected chi connectivity index (χ3v) is 5.14.